The zero-order chi connectivity index (χ0) is 32.4. The van der Waals surface area contributed by atoms with E-state index >= 15 is 0 Å². The maximum absolute atomic E-state index is 12.1. The summed E-state index contributed by atoms with van der Waals surface area (Å²) in [4.78, 5) is 24.4. The van der Waals surface area contributed by atoms with Crippen molar-refractivity contribution in [2.45, 2.75) is 53.0 Å². The first-order valence-electron chi connectivity index (χ1n) is 15.0. The van der Waals surface area contributed by atoms with Crippen molar-refractivity contribution in [3.63, 3.8) is 0 Å². The van der Waals surface area contributed by atoms with Gasteiger partial charge in [-0.05, 0) is 83.6 Å². The Morgan fingerprint density at radius 3 is 2.18 bits per heavy atom. The van der Waals surface area contributed by atoms with E-state index in [1.54, 1.807) is 11.0 Å². The van der Waals surface area contributed by atoms with Crippen molar-refractivity contribution in [1.82, 2.24) is 24.3 Å². The van der Waals surface area contributed by atoms with Crippen LogP contribution in [0.4, 0.5) is 5.82 Å². The quantitative estimate of drug-likeness (QED) is 0.194. The molecule has 2 aromatic heterocycles. The lowest BCUT2D eigenvalue weighted by Gasteiger charge is -2.29. The number of nitriles is 1. The fourth-order valence-corrected chi connectivity index (χ4v) is 4.77. The predicted octanol–water partition coefficient (Wildman–Crippen LogP) is 6.74. The molecule has 1 saturated heterocycles. The maximum atomic E-state index is 12.1. The highest BCUT2D eigenvalue weighted by Crippen LogP contribution is 2.36. The summed E-state index contributed by atoms with van der Waals surface area (Å²) in [7, 11) is 5.86. The first kappa shape index (κ1) is 33.8. The van der Waals surface area contributed by atoms with Crippen LogP contribution in [-0.4, -0.2) is 63.0 Å². The minimum absolute atomic E-state index is 0.125. The van der Waals surface area contributed by atoms with Gasteiger partial charge in [0.25, 0.3) is 5.91 Å². The third-order valence-electron chi connectivity index (χ3n) is 7.81. The molecular weight excluding hydrogens is 550 g/mol. The Labute approximate surface area is 261 Å². The molecule has 3 heterocycles. The molecule has 2 aromatic carbocycles. The maximum Gasteiger partial charge on any atom is 0.264 e. The van der Waals surface area contributed by atoms with Gasteiger partial charge in [-0.1, -0.05) is 44.2 Å². The molecule has 0 radical (unpaired) electrons. The van der Waals surface area contributed by atoms with Crippen LogP contribution in [-0.2, 0) is 11.8 Å². The molecular formula is C35H45N7O2. The number of aryl methyl sites for hydroxylation is 1. The number of carbonyl (C=O) groups is 1. The lowest BCUT2D eigenvalue weighted by Crippen LogP contribution is -2.38. The van der Waals surface area contributed by atoms with Gasteiger partial charge in [-0.25, -0.2) is 9.97 Å². The number of para-hydroxylation sites is 1. The Morgan fingerprint density at radius 2 is 1.61 bits per heavy atom. The highest BCUT2D eigenvalue weighted by atomic mass is 16.5. The van der Waals surface area contributed by atoms with E-state index in [0.717, 1.165) is 65.3 Å². The second kappa shape index (κ2) is 15.2. The van der Waals surface area contributed by atoms with Gasteiger partial charge in [0, 0.05) is 36.9 Å². The third-order valence-corrected chi connectivity index (χ3v) is 7.81. The number of rotatable bonds is 6. The van der Waals surface area contributed by atoms with Crippen LogP contribution in [0.2, 0.25) is 0 Å². The van der Waals surface area contributed by atoms with Crippen molar-refractivity contribution in [3.05, 3.63) is 78.3 Å². The van der Waals surface area contributed by atoms with Crippen LogP contribution in [0.3, 0.4) is 0 Å². The third kappa shape index (κ3) is 7.82. The molecule has 0 atom stereocenters. The Kier molecular flexibility index (Phi) is 11.7. The van der Waals surface area contributed by atoms with E-state index in [9.17, 15) is 4.79 Å². The molecule has 0 aliphatic carbocycles. The number of likely N-dealkylation sites (tertiary alicyclic amines) is 1. The summed E-state index contributed by atoms with van der Waals surface area (Å²) in [6.07, 6.45) is 5.34. The smallest absolute Gasteiger partial charge is 0.264 e. The fraction of sp³-hybridized carbons (Fsp3) is 0.371. The Hall–Kier alpha value is -4.68. The van der Waals surface area contributed by atoms with Crippen molar-refractivity contribution >= 4 is 22.8 Å². The van der Waals surface area contributed by atoms with E-state index in [1.807, 2.05) is 119 Å². The van der Waals surface area contributed by atoms with Crippen molar-refractivity contribution in [2.24, 2.45) is 7.05 Å². The summed E-state index contributed by atoms with van der Waals surface area (Å²) in [5.41, 5.74) is 10.1. The van der Waals surface area contributed by atoms with Crippen LogP contribution in [0.5, 0.6) is 11.5 Å². The zero-order valence-electron chi connectivity index (χ0n) is 27.3. The number of hydrogen-bond donors (Lipinski definition) is 1. The Bertz CT molecular complexity index is 1610. The first-order chi connectivity index (χ1) is 21.0. The van der Waals surface area contributed by atoms with E-state index in [0.29, 0.717) is 5.82 Å². The first-order valence-corrected chi connectivity index (χ1v) is 15.0. The fourth-order valence-electron chi connectivity index (χ4n) is 4.77. The van der Waals surface area contributed by atoms with Crippen molar-refractivity contribution in [1.29, 1.82) is 5.26 Å². The molecule has 9 heteroatoms. The van der Waals surface area contributed by atoms with E-state index < -0.39 is 0 Å². The van der Waals surface area contributed by atoms with Crippen molar-refractivity contribution in [2.75, 3.05) is 32.9 Å². The molecule has 4 aromatic rings. The van der Waals surface area contributed by atoms with E-state index in [2.05, 4.69) is 16.9 Å². The second-order valence-electron chi connectivity index (χ2n) is 11.1. The largest absolute Gasteiger partial charge is 0.457 e. The normalized spacial score (nSPS) is 13.1. The zero-order valence-corrected chi connectivity index (χ0v) is 27.3. The van der Waals surface area contributed by atoms with E-state index in [1.165, 1.54) is 6.33 Å². The number of benzene rings is 2. The summed E-state index contributed by atoms with van der Waals surface area (Å²) in [6, 6.07) is 19.7. The molecule has 5 rings (SSSR count). The molecule has 0 spiro atoms. The van der Waals surface area contributed by atoms with Gasteiger partial charge >= 0.3 is 0 Å². The van der Waals surface area contributed by atoms with Gasteiger partial charge < -0.3 is 24.8 Å². The highest BCUT2D eigenvalue weighted by molar-refractivity contribution is 6.02. The molecule has 0 saturated carbocycles. The number of hydrogen-bond acceptors (Lipinski definition) is 7. The van der Waals surface area contributed by atoms with E-state index in [-0.39, 0.29) is 17.0 Å². The van der Waals surface area contributed by atoms with Gasteiger partial charge in [-0.15, -0.1) is 0 Å². The molecule has 44 heavy (non-hydrogen) atoms. The summed E-state index contributed by atoms with van der Waals surface area (Å²) in [5.74, 6) is 1.97. The molecule has 9 nitrogen and oxygen atoms in total. The van der Waals surface area contributed by atoms with Crippen LogP contribution in [0.1, 0.15) is 46.2 Å². The van der Waals surface area contributed by atoms with Crippen LogP contribution in [0.15, 0.2) is 72.6 Å². The number of nitrogen functional groups attached to an aromatic ring is 1. The Morgan fingerprint density at radius 1 is 1.02 bits per heavy atom. The van der Waals surface area contributed by atoms with Crippen LogP contribution >= 0.6 is 0 Å². The number of carbonyl (C=O) groups excluding carboxylic acids is 1. The summed E-state index contributed by atoms with van der Waals surface area (Å²) in [6.45, 7) is 11.6. The number of amides is 1. The molecule has 1 amide bonds. The van der Waals surface area contributed by atoms with Gasteiger partial charge in [0.2, 0.25) is 0 Å². The number of aromatic nitrogens is 3. The number of fused-ring (bicyclic) bond motifs is 1. The monoisotopic (exact) mass is 595 g/mol. The summed E-state index contributed by atoms with van der Waals surface area (Å²) < 4.78 is 7.90. The van der Waals surface area contributed by atoms with Crippen LogP contribution in [0, 0.1) is 18.3 Å². The Balaban J connectivity index is 0.000000245. The summed E-state index contributed by atoms with van der Waals surface area (Å²) >= 11 is 0. The van der Waals surface area contributed by atoms with Crippen molar-refractivity contribution < 1.29 is 9.53 Å². The van der Waals surface area contributed by atoms with Gasteiger partial charge in [0.15, 0.2) is 0 Å². The molecule has 1 aliphatic heterocycles. The second-order valence-corrected chi connectivity index (χ2v) is 11.1. The average molecular weight is 596 g/mol. The van der Waals surface area contributed by atoms with E-state index in [4.69, 9.17) is 15.7 Å². The van der Waals surface area contributed by atoms with Crippen molar-refractivity contribution in [3.8, 4) is 28.7 Å². The summed E-state index contributed by atoms with van der Waals surface area (Å²) in [5, 5.41) is 10.0. The highest BCUT2D eigenvalue weighted by Gasteiger charge is 2.25. The minimum Gasteiger partial charge on any atom is -0.457 e. The van der Waals surface area contributed by atoms with Crippen LogP contribution in [0.25, 0.3) is 22.2 Å². The van der Waals surface area contributed by atoms with Gasteiger partial charge in [0.1, 0.15) is 40.9 Å². The molecule has 2 N–H and O–H groups in total. The number of nitrogens with two attached hydrogens (primary N) is 1. The molecule has 232 valence electrons. The lowest BCUT2D eigenvalue weighted by atomic mass is 10.00. The van der Waals surface area contributed by atoms with Crippen LogP contribution < -0.4 is 10.5 Å². The van der Waals surface area contributed by atoms with Gasteiger partial charge in [0.05, 0.1) is 5.39 Å². The molecule has 0 unspecified atom stereocenters. The topological polar surface area (TPSA) is 113 Å². The lowest BCUT2D eigenvalue weighted by molar-refractivity contribution is -0.125. The molecule has 0 bridgehead atoms. The molecule has 1 fully saturated rings. The predicted molar refractivity (Wildman–Crippen MR) is 178 cm³/mol. The van der Waals surface area contributed by atoms with Gasteiger partial charge in [-0.2, -0.15) is 5.26 Å². The minimum atomic E-state index is -0.291. The number of nitrogens with zero attached hydrogens (tertiary/aromatic N) is 6. The number of likely N-dealkylation sites (N-methyl/N-ethyl adjacent to an activating group) is 1. The number of ether oxygens (including phenoxy) is 1. The standard InChI is InChI=1S/C20H18N4O.C13H21N3O.C2H6/c1-13-17(18-19(21)22-12-23-20(18)24(13)2)14-8-10-16(11-9-14)25-15-6-4-3-5-7-15;1-13(2,15(3)4)9-11(10-14)12(17)16-7-5-6-8-16;1-2/h3-12H,1-2H3,(H2,21,22,23);9H,5-8H2,1-4H3;1-2H3/b;11-9-;. The SMILES string of the molecule is CC.CN(C)C(C)(C)/C=C(/C#N)C(=O)N1CCCC1.Cc1c(-c2ccc(Oc3ccccc3)cc2)c2c(N)ncnc2n1C. The van der Waals surface area contributed by atoms with Gasteiger partial charge in [-0.3, -0.25) is 4.79 Å². The molecule has 1 aliphatic rings. The number of anilines is 1. The average Bonchev–Trinajstić information content (AvgIpc) is 3.66.